The zero-order chi connectivity index (χ0) is 17.5. The molecule has 0 heterocycles. The second-order valence-corrected chi connectivity index (χ2v) is 7.32. The monoisotopic (exact) mass is 367 g/mol. The van der Waals surface area contributed by atoms with Crippen LogP contribution in [0.3, 0.4) is 0 Å². The first-order chi connectivity index (χ1) is 11.8. The molecule has 0 fully saturated rings. The standard InChI is InChI=1S/C19H33N3S2/c1-2-3-4-5-6-7-8-9-10-11-16-21-19(23)22-17-12-14-18(24-20)15-13-17/h12-15H,2-11,16,20H2,1H3,(H2,21,22,23). The number of benzene rings is 1. The van der Waals surface area contributed by atoms with Gasteiger partial charge < -0.3 is 10.6 Å². The minimum Gasteiger partial charge on any atom is -0.362 e. The normalized spacial score (nSPS) is 10.6. The Balaban J connectivity index is 1.94. The Morgan fingerprint density at radius 3 is 2.00 bits per heavy atom. The molecular formula is C19H33N3S2. The molecular weight excluding hydrogens is 334 g/mol. The van der Waals surface area contributed by atoms with Gasteiger partial charge in [0.2, 0.25) is 0 Å². The van der Waals surface area contributed by atoms with Gasteiger partial charge >= 0.3 is 0 Å². The molecule has 0 bridgehead atoms. The van der Waals surface area contributed by atoms with Gasteiger partial charge in [0, 0.05) is 17.1 Å². The third-order valence-corrected chi connectivity index (χ3v) is 4.85. The lowest BCUT2D eigenvalue weighted by molar-refractivity contribution is 0.555. The molecule has 0 aromatic heterocycles. The Hall–Kier alpha value is -0.780. The van der Waals surface area contributed by atoms with Crippen LogP contribution in [-0.4, -0.2) is 11.7 Å². The predicted octanol–water partition coefficient (Wildman–Crippen LogP) is 5.86. The molecule has 0 spiro atoms. The van der Waals surface area contributed by atoms with Crippen LogP contribution in [0.1, 0.15) is 71.1 Å². The molecule has 1 rings (SSSR count). The Morgan fingerprint density at radius 2 is 1.46 bits per heavy atom. The van der Waals surface area contributed by atoms with E-state index in [-0.39, 0.29) is 0 Å². The van der Waals surface area contributed by atoms with Crippen molar-refractivity contribution in [2.24, 2.45) is 5.14 Å². The molecule has 1 aromatic rings. The van der Waals surface area contributed by atoms with Crippen molar-refractivity contribution in [1.82, 2.24) is 5.32 Å². The van der Waals surface area contributed by atoms with E-state index in [2.05, 4.69) is 17.6 Å². The third-order valence-electron chi connectivity index (χ3n) is 4.06. The highest BCUT2D eigenvalue weighted by Gasteiger charge is 1.98. The Labute approximate surface area is 157 Å². The first-order valence-electron chi connectivity index (χ1n) is 9.28. The molecule has 0 aliphatic carbocycles. The Morgan fingerprint density at radius 1 is 0.917 bits per heavy atom. The zero-order valence-corrected chi connectivity index (χ0v) is 16.6. The maximum atomic E-state index is 5.51. The van der Waals surface area contributed by atoms with E-state index in [9.17, 15) is 0 Å². The minimum atomic E-state index is 0.694. The minimum absolute atomic E-state index is 0.694. The van der Waals surface area contributed by atoms with Crippen molar-refractivity contribution < 1.29 is 0 Å². The number of hydrogen-bond donors (Lipinski definition) is 3. The molecule has 0 saturated heterocycles. The van der Waals surface area contributed by atoms with Crippen LogP contribution < -0.4 is 15.8 Å². The first kappa shape index (κ1) is 21.3. The lowest BCUT2D eigenvalue weighted by Gasteiger charge is -2.10. The van der Waals surface area contributed by atoms with Gasteiger partial charge in [0.25, 0.3) is 0 Å². The van der Waals surface area contributed by atoms with E-state index < -0.39 is 0 Å². The van der Waals surface area contributed by atoms with Crippen LogP contribution in [0.25, 0.3) is 0 Å². The van der Waals surface area contributed by atoms with Crippen LogP contribution in [0.15, 0.2) is 29.2 Å². The molecule has 0 saturated carbocycles. The second-order valence-electron chi connectivity index (χ2n) is 6.21. The van der Waals surface area contributed by atoms with Gasteiger partial charge in [-0.15, -0.1) is 0 Å². The van der Waals surface area contributed by atoms with Crippen LogP contribution in [0.2, 0.25) is 0 Å². The largest absolute Gasteiger partial charge is 0.362 e. The topological polar surface area (TPSA) is 50.1 Å². The van der Waals surface area contributed by atoms with E-state index in [1.807, 2.05) is 24.3 Å². The van der Waals surface area contributed by atoms with Gasteiger partial charge in [0.15, 0.2) is 5.11 Å². The van der Waals surface area contributed by atoms with Crippen LogP contribution >= 0.6 is 24.2 Å². The first-order valence-corrected chi connectivity index (χ1v) is 10.6. The van der Waals surface area contributed by atoms with Gasteiger partial charge in [0.05, 0.1) is 0 Å². The van der Waals surface area contributed by atoms with Crippen molar-refractivity contribution >= 4 is 35.0 Å². The van der Waals surface area contributed by atoms with Crippen LogP contribution in [0.4, 0.5) is 5.69 Å². The molecule has 0 aliphatic rings. The third kappa shape index (κ3) is 10.9. The van der Waals surface area contributed by atoms with E-state index in [0.717, 1.165) is 17.1 Å². The highest BCUT2D eigenvalue weighted by atomic mass is 32.2. The van der Waals surface area contributed by atoms with Crippen molar-refractivity contribution in [3.63, 3.8) is 0 Å². The fraction of sp³-hybridized carbons (Fsp3) is 0.632. The van der Waals surface area contributed by atoms with Gasteiger partial charge in [-0.05, 0) is 54.9 Å². The summed E-state index contributed by atoms with van der Waals surface area (Å²) in [6.45, 7) is 3.21. The summed E-state index contributed by atoms with van der Waals surface area (Å²) < 4.78 is 0. The molecule has 0 aliphatic heterocycles. The predicted molar refractivity (Wildman–Crippen MR) is 113 cm³/mol. The number of hydrogen-bond acceptors (Lipinski definition) is 3. The number of rotatable bonds is 13. The molecule has 3 nitrogen and oxygen atoms in total. The molecule has 1 aromatic carbocycles. The molecule has 5 heteroatoms. The molecule has 136 valence electrons. The SMILES string of the molecule is CCCCCCCCCCCCNC(=S)Nc1ccc(SN)cc1. The lowest BCUT2D eigenvalue weighted by Crippen LogP contribution is -2.29. The van der Waals surface area contributed by atoms with Gasteiger partial charge in [-0.1, -0.05) is 64.7 Å². The van der Waals surface area contributed by atoms with Gasteiger partial charge in [-0.2, -0.15) is 0 Å². The number of anilines is 1. The average Bonchev–Trinajstić information content (AvgIpc) is 2.60. The summed E-state index contributed by atoms with van der Waals surface area (Å²) in [6, 6.07) is 7.95. The molecule has 4 N–H and O–H groups in total. The van der Waals surface area contributed by atoms with Crippen LogP contribution in [-0.2, 0) is 0 Å². The van der Waals surface area contributed by atoms with Crippen molar-refractivity contribution in [3.8, 4) is 0 Å². The summed E-state index contributed by atoms with van der Waals surface area (Å²) in [5.41, 5.74) is 0.994. The van der Waals surface area contributed by atoms with Crippen LogP contribution in [0.5, 0.6) is 0 Å². The molecule has 0 unspecified atom stereocenters. The van der Waals surface area contributed by atoms with E-state index in [1.165, 1.54) is 76.2 Å². The highest BCUT2D eigenvalue weighted by molar-refractivity contribution is 7.97. The molecule has 0 radical (unpaired) electrons. The van der Waals surface area contributed by atoms with Crippen LogP contribution in [0, 0.1) is 0 Å². The lowest BCUT2D eigenvalue weighted by atomic mass is 10.1. The van der Waals surface area contributed by atoms with Crippen molar-refractivity contribution in [2.75, 3.05) is 11.9 Å². The zero-order valence-electron chi connectivity index (χ0n) is 15.0. The van der Waals surface area contributed by atoms with Crippen molar-refractivity contribution in [1.29, 1.82) is 0 Å². The summed E-state index contributed by atoms with van der Waals surface area (Å²) >= 11 is 6.56. The molecule has 0 amide bonds. The molecule has 0 atom stereocenters. The molecule has 24 heavy (non-hydrogen) atoms. The average molecular weight is 368 g/mol. The summed E-state index contributed by atoms with van der Waals surface area (Å²) in [7, 11) is 0. The second kappa shape index (κ2) is 14.6. The fourth-order valence-electron chi connectivity index (χ4n) is 2.61. The van der Waals surface area contributed by atoms with E-state index in [1.54, 1.807) is 0 Å². The summed E-state index contributed by atoms with van der Waals surface area (Å²) in [5.74, 6) is 0. The Bertz CT molecular complexity index is 435. The number of unbranched alkanes of at least 4 members (excludes halogenated alkanes) is 9. The Kier molecular flexibility index (Phi) is 12.9. The highest BCUT2D eigenvalue weighted by Crippen LogP contribution is 2.15. The fourth-order valence-corrected chi connectivity index (χ4v) is 3.12. The van der Waals surface area contributed by atoms with E-state index in [0.29, 0.717) is 5.11 Å². The van der Waals surface area contributed by atoms with Crippen molar-refractivity contribution in [3.05, 3.63) is 24.3 Å². The van der Waals surface area contributed by atoms with Crippen molar-refractivity contribution in [2.45, 2.75) is 76.0 Å². The maximum absolute atomic E-state index is 5.51. The summed E-state index contributed by atoms with van der Waals surface area (Å²) in [6.07, 6.45) is 13.6. The number of thiocarbonyl (C=S) groups is 1. The van der Waals surface area contributed by atoms with Gasteiger partial charge in [-0.25, -0.2) is 0 Å². The number of nitrogens with one attached hydrogen (secondary N) is 2. The van der Waals surface area contributed by atoms with E-state index in [4.69, 9.17) is 17.4 Å². The summed E-state index contributed by atoms with van der Waals surface area (Å²) in [5, 5.41) is 12.7. The van der Waals surface area contributed by atoms with Gasteiger partial charge in [0.1, 0.15) is 0 Å². The maximum Gasteiger partial charge on any atom is 0.170 e. The summed E-state index contributed by atoms with van der Waals surface area (Å²) in [4.78, 5) is 1.05. The smallest absolute Gasteiger partial charge is 0.170 e. The number of nitrogens with two attached hydrogens (primary N) is 1. The quantitative estimate of drug-likeness (QED) is 0.232. The van der Waals surface area contributed by atoms with E-state index >= 15 is 0 Å². The van der Waals surface area contributed by atoms with Gasteiger partial charge in [-0.3, -0.25) is 5.14 Å².